The van der Waals surface area contributed by atoms with Crippen molar-refractivity contribution in [3.63, 3.8) is 0 Å². The zero-order valence-electron chi connectivity index (χ0n) is 8.31. The third-order valence-electron chi connectivity index (χ3n) is 2.66. The molecule has 4 nitrogen and oxygen atoms in total. The molecule has 0 bridgehead atoms. The molecule has 1 atom stereocenters. The standard InChI is InChI=1S/C9H15N3OS/c1-12-4-2-3-9(13,7-12)5-8-6-10-14-11-8/h6,13H,2-5,7H2,1H3. The minimum absolute atomic E-state index is 0.594. The van der Waals surface area contributed by atoms with Crippen LogP contribution in [0.5, 0.6) is 0 Å². The second kappa shape index (κ2) is 3.92. The summed E-state index contributed by atoms with van der Waals surface area (Å²) >= 11 is 1.20. The van der Waals surface area contributed by atoms with Crippen molar-refractivity contribution in [2.75, 3.05) is 20.1 Å². The number of β-amino-alcohol motifs (C(OH)–C–C–N with tert-alkyl or cyclic N) is 1. The van der Waals surface area contributed by atoms with Gasteiger partial charge in [-0.1, -0.05) is 0 Å². The average Bonchev–Trinajstić information content (AvgIpc) is 2.55. The van der Waals surface area contributed by atoms with Gasteiger partial charge in [0, 0.05) is 13.0 Å². The minimum Gasteiger partial charge on any atom is -0.388 e. The minimum atomic E-state index is -0.594. The maximum Gasteiger partial charge on any atom is 0.0830 e. The van der Waals surface area contributed by atoms with E-state index in [0.717, 1.165) is 31.6 Å². The number of likely N-dealkylation sites (tertiary alicyclic amines) is 1. The van der Waals surface area contributed by atoms with Gasteiger partial charge in [0.2, 0.25) is 0 Å². The molecule has 2 heterocycles. The molecular weight excluding hydrogens is 198 g/mol. The molecule has 1 aromatic heterocycles. The number of aliphatic hydroxyl groups is 1. The fourth-order valence-electron chi connectivity index (χ4n) is 2.08. The van der Waals surface area contributed by atoms with Crippen LogP contribution in [0.25, 0.3) is 0 Å². The lowest BCUT2D eigenvalue weighted by molar-refractivity contribution is -0.0229. The molecule has 0 spiro atoms. The Bertz CT molecular complexity index is 290. The molecule has 1 aliphatic rings. The summed E-state index contributed by atoms with van der Waals surface area (Å²) in [5, 5.41) is 10.3. The van der Waals surface area contributed by atoms with E-state index in [1.807, 2.05) is 7.05 Å². The second-order valence-electron chi connectivity index (χ2n) is 4.14. The van der Waals surface area contributed by atoms with Crippen molar-refractivity contribution in [3.8, 4) is 0 Å². The molecule has 1 aliphatic heterocycles. The van der Waals surface area contributed by atoms with Gasteiger partial charge in [-0.3, -0.25) is 0 Å². The summed E-state index contributed by atoms with van der Waals surface area (Å²) in [5.41, 5.74) is 0.316. The van der Waals surface area contributed by atoms with Crippen LogP contribution in [0.4, 0.5) is 0 Å². The molecule has 0 aliphatic carbocycles. The molecule has 0 radical (unpaired) electrons. The Hall–Kier alpha value is -0.520. The Morgan fingerprint density at radius 3 is 3.21 bits per heavy atom. The maximum absolute atomic E-state index is 10.3. The monoisotopic (exact) mass is 213 g/mol. The summed E-state index contributed by atoms with van der Waals surface area (Å²) in [5.74, 6) is 0. The summed E-state index contributed by atoms with van der Waals surface area (Å²) in [6.45, 7) is 1.82. The highest BCUT2D eigenvalue weighted by Gasteiger charge is 2.32. The van der Waals surface area contributed by atoms with Gasteiger partial charge in [-0.2, -0.15) is 8.75 Å². The number of piperidine rings is 1. The van der Waals surface area contributed by atoms with Crippen LogP contribution >= 0.6 is 11.7 Å². The van der Waals surface area contributed by atoms with Gasteiger partial charge in [0.1, 0.15) is 0 Å². The molecule has 14 heavy (non-hydrogen) atoms. The van der Waals surface area contributed by atoms with E-state index < -0.39 is 5.60 Å². The van der Waals surface area contributed by atoms with Gasteiger partial charge in [0.15, 0.2) is 0 Å². The normalized spacial score (nSPS) is 29.3. The van der Waals surface area contributed by atoms with Crippen molar-refractivity contribution in [3.05, 3.63) is 11.9 Å². The largest absolute Gasteiger partial charge is 0.388 e. The fraction of sp³-hybridized carbons (Fsp3) is 0.778. The van der Waals surface area contributed by atoms with Crippen LogP contribution in [-0.4, -0.2) is 44.5 Å². The van der Waals surface area contributed by atoms with Gasteiger partial charge in [0.05, 0.1) is 29.2 Å². The number of hydrogen-bond acceptors (Lipinski definition) is 5. The molecule has 78 valence electrons. The first-order valence-electron chi connectivity index (χ1n) is 4.85. The first-order valence-corrected chi connectivity index (χ1v) is 5.58. The van der Waals surface area contributed by atoms with Gasteiger partial charge in [0.25, 0.3) is 0 Å². The van der Waals surface area contributed by atoms with E-state index in [2.05, 4.69) is 13.6 Å². The van der Waals surface area contributed by atoms with E-state index in [0.29, 0.717) is 6.42 Å². The van der Waals surface area contributed by atoms with Gasteiger partial charge in [-0.25, -0.2) is 0 Å². The molecule has 0 saturated carbocycles. The maximum atomic E-state index is 10.3. The molecule has 0 aromatic carbocycles. The first kappa shape index (κ1) is 10.0. The SMILES string of the molecule is CN1CCCC(O)(Cc2cnsn2)C1. The van der Waals surface area contributed by atoms with Gasteiger partial charge in [-0.05, 0) is 26.4 Å². The van der Waals surface area contributed by atoms with Crippen LogP contribution in [0, 0.1) is 0 Å². The first-order chi connectivity index (χ1) is 6.68. The second-order valence-corrected chi connectivity index (χ2v) is 4.70. The average molecular weight is 213 g/mol. The van der Waals surface area contributed by atoms with Crippen molar-refractivity contribution >= 4 is 11.7 Å². The number of hydrogen-bond donors (Lipinski definition) is 1. The molecule has 1 aromatic rings. The molecule has 5 heteroatoms. The Morgan fingerprint density at radius 2 is 2.57 bits per heavy atom. The zero-order valence-corrected chi connectivity index (χ0v) is 9.13. The van der Waals surface area contributed by atoms with E-state index in [-0.39, 0.29) is 0 Å². The van der Waals surface area contributed by atoms with Crippen LogP contribution in [0.2, 0.25) is 0 Å². The zero-order chi connectivity index (χ0) is 10.0. The molecule has 1 N–H and O–H groups in total. The van der Waals surface area contributed by atoms with Crippen molar-refractivity contribution < 1.29 is 5.11 Å². The summed E-state index contributed by atoms with van der Waals surface area (Å²) < 4.78 is 8.08. The smallest absolute Gasteiger partial charge is 0.0830 e. The predicted octanol–water partition coefficient (Wildman–Crippen LogP) is 0.537. The summed E-state index contributed by atoms with van der Waals surface area (Å²) in [6, 6.07) is 0. The number of likely N-dealkylation sites (N-methyl/N-ethyl adjacent to an activating group) is 1. The van der Waals surface area contributed by atoms with Crippen molar-refractivity contribution in [2.45, 2.75) is 24.9 Å². The third kappa shape index (κ3) is 2.29. The van der Waals surface area contributed by atoms with Crippen LogP contribution in [0.15, 0.2) is 6.20 Å². The molecule has 0 amide bonds. The highest BCUT2D eigenvalue weighted by atomic mass is 32.1. The van der Waals surface area contributed by atoms with E-state index in [1.54, 1.807) is 6.20 Å². The molecular formula is C9H15N3OS. The Morgan fingerprint density at radius 1 is 1.71 bits per heavy atom. The van der Waals surface area contributed by atoms with Crippen molar-refractivity contribution in [1.82, 2.24) is 13.6 Å². The number of aromatic nitrogens is 2. The van der Waals surface area contributed by atoms with E-state index in [4.69, 9.17) is 0 Å². The molecule has 1 unspecified atom stereocenters. The Balaban J connectivity index is 2.01. The lowest BCUT2D eigenvalue weighted by Crippen LogP contribution is -2.47. The lowest BCUT2D eigenvalue weighted by atomic mass is 9.89. The number of rotatable bonds is 2. The van der Waals surface area contributed by atoms with E-state index >= 15 is 0 Å². The van der Waals surface area contributed by atoms with Gasteiger partial charge >= 0.3 is 0 Å². The Labute approximate surface area is 87.9 Å². The van der Waals surface area contributed by atoms with Gasteiger partial charge < -0.3 is 10.0 Å². The van der Waals surface area contributed by atoms with Crippen molar-refractivity contribution in [2.24, 2.45) is 0 Å². The molecule has 1 fully saturated rings. The predicted molar refractivity (Wildman–Crippen MR) is 55.3 cm³/mol. The highest BCUT2D eigenvalue weighted by molar-refractivity contribution is 6.99. The van der Waals surface area contributed by atoms with Crippen LogP contribution in [-0.2, 0) is 6.42 Å². The highest BCUT2D eigenvalue weighted by Crippen LogP contribution is 2.23. The fourth-order valence-corrected chi connectivity index (χ4v) is 2.51. The van der Waals surface area contributed by atoms with Crippen molar-refractivity contribution in [1.29, 1.82) is 0 Å². The number of nitrogens with zero attached hydrogens (tertiary/aromatic N) is 3. The Kier molecular flexibility index (Phi) is 2.80. The molecule has 2 rings (SSSR count). The van der Waals surface area contributed by atoms with Crippen LogP contribution in [0.1, 0.15) is 18.5 Å². The quantitative estimate of drug-likeness (QED) is 0.779. The summed E-state index contributed by atoms with van der Waals surface area (Å²) in [7, 11) is 2.05. The lowest BCUT2D eigenvalue weighted by Gasteiger charge is -2.36. The van der Waals surface area contributed by atoms with E-state index in [1.165, 1.54) is 11.7 Å². The van der Waals surface area contributed by atoms with Crippen LogP contribution in [0.3, 0.4) is 0 Å². The summed E-state index contributed by atoms with van der Waals surface area (Å²) in [6.07, 6.45) is 4.31. The third-order valence-corrected chi connectivity index (χ3v) is 3.18. The van der Waals surface area contributed by atoms with Gasteiger partial charge in [-0.15, -0.1) is 0 Å². The topological polar surface area (TPSA) is 49.2 Å². The molecule has 1 saturated heterocycles. The summed E-state index contributed by atoms with van der Waals surface area (Å²) in [4.78, 5) is 2.17. The van der Waals surface area contributed by atoms with Crippen LogP contribution < -0.4 is 0 Å². The van der Waals surface area contributed by atoms with E-state index in [9.17, 15) is 5.11 Å².